The van der Waals surface area contributed by atoms with Crippen molar-refractivity contribution in [1.82, 2.24) is 15.1 Å². The molecule has 1 rings (SSSR count). The molecule has 0 aromatic heterocycles. The van der Waals surface area contributed by atoms with Gasteiger partial charge < -0.3 is 19.9 Å². The molecule has 18 heavy (non-hydrogen) atoms. The van der Waals surface area contributed by atoms with Crippen molar-refractivity contribution in [3.63, 3.8) is 0 Å². The number of carbonyl (C=O) groups is 1. The zero-order valence-corrected chi connectivity index (χ0v) is 11.8. The summed E-state index contributed by atoms with van der Waals surface area (Å²) in [6.45, 7) is 5.02. The molecule has 0 bridgehead atoms. The van der Waals surface area contributed by atoms with Gasteiger partial charge in [-0.05, 0) is 19.9 Å². The minimum absolute atomic E-state index is 0.0945. The number of nitrogens with one attached hydrogen (secondary N) is 1. The first kappa shape index (κ1) is 15.2. The van der Waals surface area contributed by atoms with Crippen molar-refractivity contribution < 1.29 is 9.53 Å². The number of likely N-dealkylation sites (N-methyl/N-ethyl adjacent to an activating group) is 1. The molecular weight excluding hydrogens is 230 g/mol. The Morgan fingerprint density at radius 2 is 1.89 bits per heavy atom. The van der Waals surface area contributed by atoms with E-state index in [1.807, 2.05) is 11.9 Å². The molecule has 1 saturated heterocycles. The molecule has 0 aromatic carbocycles. The number of ether oxygens (including phenoxy) is 1. The van der Waals surface area contributed by atoms with Gasteiger partial charge in [-0.1, -0.05) is 12.8 Å². The van der Waals surface area contributed by atoms with Crippen LogP contribution in [0.3, 0.4) is 0 Å². The van der Waals surface area contributed by atoms with E-state index in [1.165, 1.54) is 12.8 Å². The Bertz CT molecular complexity index is 228. The third kappa shape index (κ3) is 6.21. The van der Waals surface area contributed by atoms with E-state index in [2.05, 4.69) is 10.2 Å². The van der Waals surface area contributed by atoms with Crippen LogP contribution in [0.5, 0.6) is 0 Å². The molecule has 5 heteroatoms. The van der Waals surface area contributed by atoms with Gasteiger partial charge in [0.1, 0.15) is 0 Å². The molecule has 1 aliphatic rings. The van der Waals surface area contributed by atoms with E-state index in [4.69, 9.17) is 4.74 Å². The number of carbonyl (C=O) groups excluding carboxylic acids is 1. The normalized spacial score (nSPS) is 16.7. The average molecular weight is 257 g/mol. The Balaban J connectivity index is 2.11. The summed E-state index contributed by atoms with van der Waals surface area (Å²) in [6.07, 6.45) is 4.79. The largest absolute Gasteiger partial charge is 0.383 e. The van der Waals surface area contributed by atoms with E-state index in [-0.39, 0.29) is 6.03 Å². The molecule has 0 radical (unpaired) electrons. The quantitative estimate of drug-likeness (QED) is 0.776. The van der Waals surface area contributed by atoms with E-state index in [0.29, 0.717) is 6.54 Å². The lowest BCUT2D eigenvalue weighted by molar-refractivity contribution is 0.160. The van der Waals surface area contributed by atoms with Gasteiger partial charge >= 0.3 is 6.03 Å². The Morgan fingerprint density at radius 1 is 1.22 bits per heavy atom. The minimum atomic E-state index is 0.0945. The number of likely N-dealkylation sites (tertiary alicyclic amines) is 1. The van der Waals surface area contributed by atoms with Crippen molar-refractivity contribution in [3.8, 4) is 0 Å². The van der Waals surface area contributed by atoms with Gasteiger partial charge in [0, 0.05) is 39.8 Å². The standard InChI is InChI=1S/C13H27N3O2/c1-15(11-12-18-2)10-7-14-13(17)16-8-5-3-4-6-9-16/h3-12H2,1-2H3,(H,14,17). The highest BCUT2D eigenvalue weighted by atomic mass is 16.5. The van der Waals surface area contributed by atoms with Gasteiger partial charge in [-0.25, -0.2) is 4.79 Å². The van der Waals surface area contributed by atoms with Crippen LogP contribution in [0, 0.1) is 0 Å². The van der Waals surface area contributed by atoms with Crippen molar-refractivity contribution >= 4 is 6.03 Å². The maximum atomic E-state index is 11.9. The number of urea groups is 1. The van der Waals surface area contributed by atoms with Crippen molar-refractivity contribution in [2.24, 2.45) is 0 Å². The number of amides is 2. The lowest BCUT2D eigenvalue weighted by Crippen LogP contribution is -2.43. The smallest absolute Gasteiger partial charge is 0.317 e. The molecule has 5 nitrogen and oxygen atoms in total. The Hall–Kier alpha value is -0.810. The van der Waals surface area contributed by atoms with Crippen molar-refractivity contribution in [3.05, 3.63) is 0 Å². The average Bonchev–Trinajstić information content (AvgIpc) is 2.65. The second-order valence-electron chi connectivity index (χ2n) is 4.93. The summed E-state index contributed by atoms with van der Waals surface area (Å²) >= 11 is 0. The summed E-state index contributed by atoms with van der Waals surface area (Å²) in [5, 5.41) is 2.99. The fourth-order valence-corrected chi connectivity index (χ4v) is 2.10. The molecule has 1 fully saturated rings. The SMILES string of the molecule is COCCN(C)CCNC(=O)N1CCCCCC1. The van der Waals surface area contributed by atoms with Crippen LogP contribution in [0.1, 0.15) is 25.7 Å². The molecule has 0 saturated carbocycles. The van der Waals surface area contributed by atoms with E-state index in [9.17, 15) is 4.79 Å². The minimum Gasteiger partial charge on any atom is -0.383 e. The van der Waals surface area contributed by atoms with Crippen LogP contribution in [0.2, 0.25) is 0 Å². The molecule has 1 heterocycles. The van der Waals surface area contributed by atoms with Crippen LogP contribution in [0.25, 0.3) is 0 Å². The highest BCUT2D eigenvalue weighted by Gasteiger charge is 2.14. The zero-order valence-electron chi connectivity index (χ0n) is 11.8. The van der Waals surface area contributed by atoms with Gasteiger partial charge in [0.15, 0.2) is 0 Å². The van der Waals surface area contributed by atoms with Crippen LogP contribution in [-0.4, -0.2) is 69.3 Å². The van der Waals surface area contributed by atoms with Crippen LogP contribution in [0.4, 0.5) is 4.79 Å². The van der Waals surface area contributed by atoms with Gasteiger partial charge in [0.25, 0.3) is 0 Å². The molecule has 0 aliphatic carbocycles. The van der Waals surface area contributed by atoms with E-state index in [0.717, 1.165) is 45.6 Å². The molecule has 106 valence electrons. The lowest BCUT2D eigenvalue weighted by atomic mass is 10.2. The second-order valence-corrected chi connectivity index (χ2v) is 4.93. The van der Waals surface area contributed by atoms with Gasteiger partial charge in [-0.3, -0.25) is 0 Å². The predicted octanol–water partition coefficient (Wildman–Crippen LogP) is 1.15. The van der Waals surface area contributed by atoms with Crippen LogP contribution in [-0.2, 0) is 4.74 Å². The number of rotatable bonds is 6. The second kappa shape index (κ2) is 9.16. The van der Waals surface area contributed by atoms with Gasteiger partial charge in [-0.15, -0.1) is 0 Å². The Kier molecular flexibility index (Phi) is 7.76. The molecule has 2 amide bonds. The summed E-state index contributed by atoms with van der Waals surface area (Å²) in [4.78, 5) is 16.0. The van der Waals surface area contributed by atoms with Crippen molar-refractivity contribution in [2.75, 3.05) is 53.5 Å². The molecular formula is C13H27N3O2. The van der Waals surface area contributed by atoms with Gasteiger partial charge in [0.05, 0.1) is 6.61 Å². The zero-order chi connectivity index (χ0) is 13.2. The van der Waals surface area contributed by atoms with Gasteiger partial charge in [-0.2, -0.15) is 0 Å². The third-order valence-electron chi connectivity index (χ3n) is 3.34. The Morgan fingerprint density at radius 3 is 2.50 bits per heavy atom. The third-order valence-corrected chi connectivity index (χ3v) is 3.34. The molecule has 0 atom stereocenters. The lowest BCUT2D eigenvalue weighted by Gasteiger charge is -2.22. The summed E-state index contributed by atoms with van der Waals surface area (Å²) < 4.78 is 5.01. The number of nitrogens with zero attached hydrogens (tertiary/aromatic N) is 2. The molecule has 0 unspecified atom stereocenters. The fraction of sp³-hybridized carbons (Fsp3) is 0.923. The molecule has 1 N–H and O–H groups in total. The fourth-order valence-electron chi connectivity index (χ4n) is 2.10. The summed E-state index contributed by atoms with van der Waals surface area (Å²) in [7, 11) is 3.74. The van der Waals surface area contributed by atoms with Crippen LogP contribution < -0.4 is 5.32 Å². The highest BCUT2D eigenvalue weighted by Crippen LogP contribution is 2.09. The first-order valence-corrected chi connectivity index (χ1v) is 6.94. The summed E-state index contributed by atoms with van der Waals surface area (Å²) in [5.74, 6) is 0. The first-order chi connectivity index (χ1) is 8.74. The first-order valence-electron chi connectivity index (χ1n) is 6.94. The predicted molar refractivity (Wildman–Crippen MR) is 72.8 cm³/mol. The van der Waals surface area contributed by atoms with Crippen LogP contribution >= 0.6 is 0 Å². The van der Waals surface area contributed by atoms with Gasteiger partial charge in [0.2, 0.25) is 0 Å². The van der Waals surface area contributed by atoms with E-state index < -0.39 is 0 Å². The number of hydrogen-bond donors (Lipinski definition) is 1. The highest BCUT2D eigenvalue weighted by molar-refractivity contribution is 5.74. The topological polar surface area (TPSA) is 44.8 Å². The number of hydrogen-bond acceptors (Lipinski definition) is 3. The molecule has 0 spiro atoms. The maximum absolute atomic E-state index is 11.9. The summed E-state index contributed by atoms with van der Waals surface area (Å²) in [6, 6.07) is 0.0945. The molecule has 0 aromatic rings. The van der Waals surface area contributed by atoms with Crippen molar-refractivity contribution in [2.45, 2.75) is 25.7 Å². The van der Waals surface area contributed by atoms with E-state index in [1.54, 1.807) is 7.11 Å². The summed E-state index contributed by atoms with van der Waals surface area (Å²) in [5.41, 5.74) is 0. The molecule has 1 aliphatic heterocycles. The maximum Gasteiger partial charge on any atom is 0.317 e. The van der Waals surface area contributed by atoms with E-state index >= 15 is 0 Å². The Labute approximate surface area is 110 Å². The number of methoxy groups -OCH3 is 1. The van der Waals surface area contributed by atoms with Crippen LogP contribution in [0.15, 0.2) is 0 Å². The monoisotopic (exact) mass is 257 g/mol. The van der Waals surface area contributed by atoms with Crippen molar-refractivity contribution in [1.29, 1.82) is 0 Å².